The highest BCUT2D eigenvalue weighted by Crippen LogP contribution is 2.20. The molecule has 3 aromatic rings. The van der Waals surface area contributed by atoms with Crippen LogP contribution in [0.5, 0.6) is 0 Å². The van der Waals surface area contributed by atoms with Crippen LogP contribution in [0.2, 0.25) is 0 Å². The first-order chi connectivity index (χ1) is 10.3. The fraction of sp³-hybridized carbons (Fsp3) is 0.250. The highest BCUT2D eigenvalue weighted by Gasteiger charge is 2.20. The minimum atomic E-state index is -0.0400. The van der Waals surface area contributed by atoms with E-state index in [9.17, 15) is 0 Å². The molecule has 0 radical (unpaired) electrons. The molecule has 0 bridgehead atoms. The van der Waals surface area contributed by atoms with E-state index < -0.39 is 0 Å². The van der Waals surface area contributed by atoms with Crippen molar-refractivity contribution in [3.8, 4) is 0 Å². The maximum absolute atomic E-state index is 5.55. The molecule has 0 aliphatic heterocycles. The van der Waals surface area contributed by atoms with Crippen LogP contribution in [0.3, 0.4) is 0 Å². The lowest BCUT2D eigenvalue weighted by molar-refractivity contribution is 0.431. The number of imidazole rings is 1. The maximum atomic E-state index is 5.55. The quantitative estimate of drug-likeness (QED) is 0.754. The second kappa shape index (κ2) is 6.37. The molecule has 5 nitrogen and oxygen atoms in total. The molecular weight excluding hydrogens is 264 g/mol. The molecule has 5 heteroatoms. The predicted octanol–water partition coefficient (Wildman–Crippen LogP) is 2.33. The summed E-state index contributed by atoms with van der Waals surface area (Å²) in [4.78, 5) is 8.46. The summed E-state index contributed by atoms with van der Waals surface area (Å²) in [5, 5.41) is 3.52. The Morgan fingerprint density at radius 1 is 1.24 bits per heavy atom. The van der Waals surface area contributed by atoms with Gasteiger partial charge < -0.3 is 14.3 Å². The lowest BCUT2D eigenvalue weighted by Gasteiger charge is -2.16. The van der Waals surface area contributed by atoms with Crippen molar-refractivity contribution in [2.45, 2.75) is 12.5 Å². The molecule has 21 heavy (non-hydrogen) atoms. The van der Waals surface area contributed by atoms with Crippen LogP contribution in [0.25, 0.3) is 0 Å². The van der Waals surface area contributed by atoms with Crippen LogP contribution in [-0.2, 0) is 13.5 Å². The third-order valence-electron chi connectivity index (χ3n) is 3.46. The van der Waals surface area contributed by atoms with Gasteiger partial charge in [-0.05, 0) is 36.2 Å². The summed E-state index contributed by atoms with van der Waals surface area (Å²) in [6.45, 7) is 0.836. The molecule has 1 N–H and O–H groups in total. The molecule has 0 saturated carbocycles. The van der Waals surface area contributed by atoms with E-state index in [1.54, 1.807) is 12.5 Å². The molecule has 0 spiro atoms. The molecule has 1 atom stereocenters. The number of rotatable bonds is 6. The second-order valence-electron chi connectivity index (χ2n) is 4.90. The molecular formula is C16H18N4O. The van der Waals surface area contributed by atoms with E-state index in [2.05, 4.69) is 15.3 Å². The monoisotopic (exact) mass is 282 g/mol. The molecule has 1 unspecified atom stereocenters. The van der Waals surface area contributed by atoms with Crippen LogP contribution in [0, 0.1) is 0 Å². The SMILES string of the molecule is Cn1ccnc1C(NCCc1ccncc1)c1ccco1. The number of furan rings is 1. The van der Waals surface area contributed by atoms with E-state index in [0.717, 1.165) is 24.6 Å². The fourth-order valence-electron chi connectivity index (χ4n) is 2.34. The van der Waals surface area contributed by atoms with Gasteiger partial charge in [0.2, 0.25) is 0 Å². The van der Waals surface area contributed by atoms with Gasteiger partial charge in [0.15, 0.2) is 0 Å². The van der Waals surface area contributed by atoms with Gasteiger partial charge in [-0.3, -0.25) is 4.98 Å². The van der Waals surface area contributed by atoms with Crippen LogP contribution in [0.15, 0.2) is 59.7 Å². The summed E-state index contributed by atoms with van der Waals surface area (Å²) >= 11 is 0. The standard InChI is InChI=1S/C16H18N4O/c1-20-11-10-19-16(20)15(14-3-2-12-21-14)18-9-6-13-4-7-17-8-5-13/h2-5,7-8,10-12,15,18H,6,9H2,1H3. The second-order valence-corrected chi connectivity index (χ2v) is 4.90. The van der Waals surface area contributed by atoms with E-state index in [4.69, 9.17) is 4.42 Å². The Bertz CT molecular complexity index is 661. The number of aromatic nitrogens is 3. The summed E-state index contributed by atoms with van der Waals surface area (Å²) in [5.41, 5.74) is 1.26. The molecule has 3 heterocycles. The minimum Gasteiger partial charge on any atom is -0.467 e. The summed E-state index contributed by atoms with van der Waals surface area (Å²) in [6, 6.07) is 7.89. The molecule has 0 aliphatic rings. The number of aryl methyl sites for hydroxylation is 1. The van der Waals surface area contributed by atoms with Crippen molar-refractivity contribution < 1.29 is 4.42 Å². The molecule has 0 fully saturated rings. The summed E-state index contributed by atoms with van der Waals surface area (Å²) in [7, 11) is 1.99. The number of hydrogen-bond acceptors (Lipinski definition) is 4. The van der Waals surface area contributed by atoms with Crippen molar-refractivity contribution in [3.63, 3.8) is 0 Å². The molecule has 0 aliphatic carbocycles. The predicted molar refractivity (Wildman–Crippen MR) is 79.7 cm³/mol. The van der Waals surface area contributed by atoms with Gasteiger partial charge in [0.05, 0.1) is 6.26 Å². The van der Waals surface area contributed by atoms with Crippen LogP contribution in [0.4, 0.5) is 0 Å². The van der Waals surface area contributed by atoms with Gasteiger partial charge >= 0.3 is 0 Å². The van der Waals surface area contributed by atoms with Crippen molar-refractivity contribution in [1.29, 1.82) is 0 Å². The number of hydrogen-bond donors (Lipinski definition) is 1. The van der Waals surface area contributed by atoms with E-state index in [1.165, 1.54) is 5.56 Å². The van der Waals surface area contributed by atoms with Gasteiger partial charge in [-0.1, -0.05) is 0 Å². The summed E-state index contributed by atoms with van der Waals surface area (Å²) in [5.74, 6) is 1.82. The lowest BCUT2D eigenvalue weighted by Crippen LogP contribution is -2.26. The normalized spacial score (nSPS) is 12.4. The first-order valence-corrected chi connectivity index (χ1v) is 6.97. The van der Waals surface area contributed by atoms with Crippen molar-refractivity contribution >= 4 is 0 Å². The number of nitrogens with one attached hydrogen (secondary N) is 1. The lowest BCUT2D eigenvalue weighted by atomic mass is 10.1. The highest BCUT2D eigenvalue weighted by atomic mass is 16.3. The van der Waals surface area contributed by atoms with Gasteiger partial charge in [-0.15, -0.1) is 0 Å². The Balaban J connectivity index is 1.70. The van der Waals surface area contributed by atoms with Gasteiger partial charge in [0.25, 0.3) is 0 Å². The maximum Gasteiger partial charge on any atom is 0.133 e. The zero-order valence-electron chi connectivity index (χ0n) is 11.9. The molecule has 0 amide bonds. The minimum absolute atomic E-state index is 0.0400. The van der Waals surface area contributed by atoms with Crippen molar-refractivity contribution in [3.05, 3.63) is 72.5 Å². The smallest absolute Gasteiger partial charge is 0.133 e. The van der Waals surface area contributed by atoms with Crippen LogP contribution >= 0.6 is 0 Å². The first kappa shape index (κ1) is 13.6. The van der Waals surface area contributed by atoms with Gasteiger partial charge in [0, 0.05) is 38.4 Å². The Kier molecular flexibility index (Phi) is 4.12. The van der Waals surface area contributed by atoms with Crippen molar-refractivity contribution in [2.24, 2.45) is 7.05 Å². The third kappa shape index (κ3) is 3.20. The van der Waals surface area contributed by atoms with Crippen molar-refractivity contribution in [1.82, 2.24) is 19.9 Å². The highest BCUT2D eigenvalue weighted by molar-refractivity contribution is 5.16. The first-order valence-electron chi connectivity index (χ1n) is 6.97. The van der Waals surface area contributed by atoms with Crippen LogP contribution < -0.4 is 5.32 Å². The molecule has 3 rings (SSSR count). The zero-order valence-corrected chi connectivity index (χ0v) is 11.9. The van der Waals surface area contributed by atoms with Gasteiger partial charge in [0.1, 0.15) is 17.6 Å². The molecule has 3 aromatic heterocycles. The Labute approximate surface area is 123 Å². The zero-order chi connectivity index (χ0) is 14.5. The number of pyridine rings is 1. The Hall–Kier alpha value is -2.40. The fourth-order valence-corrected chi connectivity index (χ4v) is 2.34. The van der Waals surface area contributed by atoms with Crippen LogP contribution in [-0.4, -0.2) is 21.1 Å². The topological polar surface area (TPSA) is 55.9 Å². The number of nitrogens with zero attached hydrogens (tertiary/aromatic N) is 3. The average Bonchev–Trinajstić information content (AvgIpc) is 3.17. The van der Waals surface area contributed by atoms with Crippen LogP contribution in [0.1, 0.15) is 23.2 Å². The summed E-state index contributed by atoms with van der Waals surface area (Å²) < 4.78 is 7.56. The van der Waals surface area contributed by atoms with Crippen molar-refractivity contribution in [2.75, 3.05) is 6.54 Å². The van der Waals surface area contributed by atoms with E-state index in [0.29, 0.717) is 0 Å². The Morgan fingerprint density at radius 2 is 2.10 bits per heavy atom. The third-order valence-corrected chi connectivity index (χ3v) is 3.46. The largest absolute Gasteiger partial charge is 0.467 e. The van der Waals surface area contributed by atoms with E-state index in [-0.39, 0.29) is 6.04 Å². The molecule has 0 aromatic carbocycles. The Morgan fingerprint density at radius 3 is 2.76 bits per heavy atom. The molecule has 0 saturated heterocycles. The van der Waals surface area contributed by atoms with Gasteiger partial charge in [-0.25, -0.2) is 4.98 Å². The summed E-state index contributed by atoms with van der Waals surface area (Å²) in [6.07, 6.45) is 10.0. The van der Waals surface area contributed by atoms with Gasteiger partial charge in [-0.2, -0.15) is 0 Å². The average molecular weight is 282 g/mol. The molecule has 108 valence electrons. The van der Waals surface area contributed by atoms with E-state index >= 15 is 0 Å². The van der Waals surface area contributed by atoms with E-state index in [1.807, 2.05) is 54.5 Å².